The third-order valence-electron chi connectivity index (χ3n) is 2.79. The van der Waals surface area contributed by atoms with Gasteiger partial charge in [0.1, 0.15) is 11.6 Å². The zero-order chi connectivity index (χ0) is 17.1. The quantitative estimate of drug-likeness (QED) is 0.484. The Bertz CT molecular complexity index is 559. The Morgan fingerprint density at radius 3 is 2.32 bits per heavy atom. The highest BCUT2D eigenvalue weighted by Gasteiger charge is 2.38. The van der Waals surface area contributed by atoms with Gasteiger partial charge in [0.05, 0.1) is 12.2 Å². The minimum atomic E-state index is -5.15. The first-order valence-electron chi connectivity index (χ1n) is 6.19. The highest BCUT2D eigenvalue weighted by Crippen LogP contribution is 2.33. The third kappa shape index (κ3) is 4.17. The number of halogens is 5. The molecule has 0 aliphatic rings. The van der Waals surface area contributed by atoms with Gasteiger partial charge in [-0.15, -0.1) is 0 Å². The maximum absolute atomic E-state index is 13.9. The van der Waals surface area contributed by atoms with Crippen LogP contribution in [0.25, 0.3) is 0 Å². The van der Waals surface area contributed by atoms with E-state index in [9.17, 15) is 26.7 Å². The van der Waals surface area contributed by atoms with Gasteiger partial charge in [0.25, 0.3) is 0 Å². The molecule has 1 aromatic rings. The van der Waals surface area contributed by atoms with E-state index in [1.165, 1.54) is 6.92 Å². The summed E-state index contributed by atoms with van der Waals surface area (Å²) in [5.41, 5.74) is -4.01. The van der Waals surface area contributed by atoms with Gasteiger partial charge in [-0.3, -0.25) is 4.79 Å². The second-order valence-corrected chi connectivity index (χ2v) is 4.30. The van der Waals surface area contributed by atoms with E-state index in [1.54, 1.807) is 0 Å². The maximum Gasteiger partial charge on any atom is 0.491 e. The van der Waals surface area contributed by atoms with Crippen LogP contribution in [-0.2, 0) is 22.1 Å². The standard InChI is InChI=1S/C12H12BF5O4/c1-2-22-9(19)4-3-6-10(14)7(12(16,17)18)5-8(11(6)15)13(20)21/h5,20-21H,2-4H2,1H3. The molecule has 0 bridgehead atoms. The Balaban J connectivity index is 3.29. The molecule has 0 saturated carbocycles. The lowest BCUT2D eigenvalue weighted by Gasteiger charge is -2.15. The van der Waals surface area contributed by atoms with E-state index in [0.29, 0.717) is 0 Å². The number of ether oxygens (including phenoxy) is 1. The predicted octanol–water partition coefficient (Wildman–Crippen LogP) is 1.16. The number of carbonyl (C=O) groups excluding carboxylic acids is 1. The van der Waals surface area contributed by atoms with E-state index >= 15 is 0 Å². The van der Waals surface area contributed by atoms with Crippen LogP contribution in [0.2, 0.25) is 0 Å². The highest BCUT2D eigenvalue weighted by molar-refractivity contribution is 6.58. The number of hydrogen-bond acceptors (Lipinski definition) is 4. The first-order chi connectivity index (χ1) is 10.1. The van der Waals surface area contributed by atoms with E-state index in [0.717, 1.165) is 0 Å². The van der Waals surface area contributed by atoms with Crippen molar-refractivity contribution in [2.75, 3.05) is 6.61 Å². The summed E-state index contributed by atoms with van der Waals surface area (Å²) in [5.74, 6) is -4.27. The monoisotopic (exact) mass is 326 g/mol. The van der Waals surface area contributed by atoms with Crippen LogP contribution in [0, 0.1) is 11.6 Å². The average Bonchev–Trinajstić information content (AvgIpc) is 2.36. The van der Waals surface area contributed by atoms with Crippen molar-refractivity contribution >= 4 is 18.6 Å². The fourth-order valence-electron chi connectivity index (χ4n) is 1.79. The van der Waals surface area contributed by atoms with Crippen LogP contribution in [0.3, 0.4) is 0 Å². The maximum atomic E-state index is 13.9. The van der Waals surface area contributed by atoms with Crippen molar-refractivity contribution in [2.24, 2.45) is 0 Å². The Morgan fingerprint density at radius 2 is 1.86 bits per heavy atom. The van der Waals surface area contributed by atoms with Crippen molar-refractivity contribution < 1.29 is 41.5 Å². The fourth-order valence-corrected chi connectivity index (χ4v) is 1.79. The molecule has 0 aromatic heterocycles. The Hall–Kier alpha value is -1.68. The molecule has 0 atom stereocenters. The molecule has 0 fully saturated rings. The number of esters is 1. The lowest BCUT2D eigenvalue weighted by molar-refractivity contribution is -0.143. The van der Waals surface area contributed by atoms with E-state index in [2.05, 4.69) is 4.74 Å². The molecule has 0 aliphatic heterocycles. The lowest BCUT2D eigenvalue weighted by atomic mass is 9.77. The number of alkyl halides is 3. The number of rotatable bonds is 5. The molecule has 0 amide bonds. The second kappa shape index (κ2) is 7.06. The van der Waals surface area contributed by atoms with Crippen LogP contribution in [0.15, 0.2) is 6.07 Å². The normalized spacial score (nSPS) is 11.5. The summed E-state index contributed by atoms with van der Waals surface area (Å²) < 4.78 is 70.4. The van der Waals surface area contributed by atoms with Crippen LogP contribution in [-0.4, -0.2) is 29.7 Å². The summed E-state index contributed by atoms with van der Waals surface area (Å²) in [6.07, 6.45) is -6.41. The topological polar surface area (TPSA) is 66.8 Å². The number of hydrogen-bond donors (Lipinski definition) is 2. The molecule has 0 unspecified atom stereocenters. The van der Waals surface area contributed by atoms with Gasteiger partial charge in [-0.2, -0.15) is 13.2 Å². The van der Waals surface area contributed by atoms with E-state index in [4.69, 9.17) is 10.0 Å². The predicted molar refractivity (Wildman–Crippen MR) is 66.1 cm³/mol. The first kappa shape index (κ1) is 18.4. The molecular formula is C12H12BF5O4. The molecular weight excluding hydrogens is 314 g/mol. The number of benzene rings is 1. The summed E-state index contributed by atoms with van der Waals surface area (Å²) in [4.78, 5) is 11.2. The lowest BCUT2D eigenvalue weighted by Crippen LogP contribution is -2.36. The molecule has 22 heavy (non-hydrogen) atoms. The summed E-state index contributed by atoms with van der Waals surface area (Å²) in [5, 5.41) is 17.8. The SMILES string of the molecule is CCOC(=O)CCc1c(F)c(B(O)O)cc(C(F)(F)F)c1F. The van der Waals surface area contributed by atoms with E-state index in [-0.39, 0.29) is 12.7 Å². The average molecular weight is 326 g/mol. The molecule has 1 rings (SSSR count). The van der Waals surface area contributed by atoms with E-state index in [1.807, 2.05) is 0 Å². The minimum Gasteiger partial charge on any atom is -0.466 e. The molecule has 2 N–H and O–H groups in total. The molecule has 0 heterocycles. The molecule has 0 aliphatic carbocycles. The van der Waals surface area contributed by atoms with Gasteiger partial charge in [0.2, 0.25) is 0 Å². The molecule has 4 nitrogen and oxygen atoms in total. The summed E-state index contributed by atoms with van der Waals surface area (Å²) in [6.45, 7) is 1.50. The molecule has 1 aromatic carbocycles. The molecule has 122 valence electrons. The fraction of sp³-hybridized carbons (Fsp3) is 0.417. The third-order valence-corrected chi connectivity index (χ3v) is 2.79. The van der Waals surface area contributed by atoms with Gasteiger partial charge in [-0.1, -0.05) is 0 Å². The highest BCUT2D eigenvalue weighted by atomic mass is 19.4. The van der Waals surface area contributed by atoms with Gasteiger partial charge in [-0.05, 0) is 19.4 Å². The Kier molecular flexibility index (Phi) is 5.89. The van der Waals surface area contributed by atoms with E-state index < -0.39 is 60.3 Å². The van der Waals surface area contributed by atoms with Crippen LogP contribution in [0.4, 0.5) is 22.0 Å². The van der Waals surface area contributed by atoms with Crippen molar-refractivity contribution in [1.82, 2.24) is 0 Å². The minimum absolute atomic E-state index is 0.00694. The van der Waals surface area contributed by atoms with Crippen molar-refractivity contribution in [1.29, 1.82) is 0 Å². The number of carbonyl (C=O) groups is 1. The van der Waals surface area contributed by atoms with Gasteiger partial charge in [0, 0.05) is 17.4 Å². The summed E-state index contributed by atoms with van der Waals surface area (Å²) in [6, 6.07) is -0.0107. The van der Waals surface area contributed by atoms with Crippen LogP contribution >= 0.6 is 0 Å². The molecule has 0 saturated heterocycles. The van der Waals surface area contributed by atoms with Crippen LogP contribution < -0.4 is 5.46 Å². The van der Waals surface area contributed by atoms with Gasteiger partial charge < -0.3 is 14.8 Å². The summed E-state index contributed by atoms with van der Waals surface area (Å²) >= 11 is 0. The van der Waals surface area contributed by atoms with Gasteiger partial charge in [0.15, 0.2) is 0 Å². The molecule has 10 heteroatoms. The Labute approximate surface area is 122 Å². The van der Waals surface area contributed by atoms with Crippen molar-refractivity contribution in [2.45, 2.75) is 25.9 Å². The smallest absolute Gasteiger partial charge is 0.466 e. The zero-order valence-electron chi connectivity index (χ0n) is 11.4. The summed E-state index contributed by atoms with van der Waals surface area (Å²) in [7, 11) is -2.55. The van der Waals surface area contributed by atoms with Gasteiger partial charge >= 0.3 is 19.3 Å². The van der Waals surface area contributed by atoms with Crippen molar-refractivity contribution in [3.8, 4) is 0 Å². The Morgan fingerprint density at radius 1 is 1.27 bits per heavy atom. The molecule has 0 spiro atoms. The largest absolute Gasteiger partial charge is 0.491 e. The first-order valence-corrected chi connectivity index (χ1v) is 6.19. The van der Waals surface area contributed by atoms with Crippen LogP contribution in [0.1, 0.15) is 24.5 Å². The second-order valence-electron chi connectivity index (χ2n) is 4.30. The van der Waals surface area contributed by atoms with Crippen LogP contribution in [0.5, 0.6) is 0 Å². The zero-order valence-corrected chi connectivity index (χ0v) is 11.4. The van der Waals surface area contributed by atoms with Crippen molar-refractivity contribution in [3.05, 3.63) is 28.8 Å². The molecule has 0 radical (unpaired) electrons. The van der Waals surface area contributed by atoms with Crippen molar-refractivity contribution in [3.63, 3.8) is 0 Å². The van der Waals surface area contributed by atoms with Gasteiger partial charge in [-0.25, -0.2) is 8.78 Å².